The van der Waals surface area contributed by atoms with Crippen molar-refractivity contribution in [2.75, 3.05) is 5.32 Å². The lowest BCUT2D eigenvalue weighted by Crippen LogP contribution is -2.23. The molecule has 5 nitrogen and oxygen atoms in total. The molecule has 0 unspecified atom stereocenters. The summed E-state index contributed by atoms with van der Waals surface area (Å²) in [5, 5.41) is 6.71. The Bertz CT molecular complexity index is 689. The van der Waals surface area contributed by atoms with Gasteiger partial charge in [0.15, 0.2) is 0 Å². The minimum atomic E-state index is -0.329. The third kappa shape index (κ3) is 2.70. The van der Waals surface area contributed by atoms with Crippen LogP contribution in [0.3, 0.4) is 0 Å². The molecule has 5 heteroatoms. The molecule has 1 N–H and O–H groups in total. The second-order valence-electron chi connectivity index (χ2n) is 4.38. The summed E-state index contributed by atoms with van der Waals surface area (Å²) in [4.78, 5) is 23.3. The molecule has 1 aromatic heterocycles. The average molecular weight is 257 g/mol. The van der Waals surface area contributed by atoms with E-state index in [-0.39, 0.29) is 17.2 Å². The maximum absolute atomic E-state index is 12.1. The molecule has 0 aliphatic carbocycles. The summed E-state index contributed by atoms with van der Waals surface area (Å²) in [5.74, 6) is -0.329. The lowest BCUT2D eigenvalue weighted by molar-refractivity contribution is 0.102. The fourth-order valence-corrected chi connectivity index (χ4v) is 1.70. The lowest BCUT2D eigenvalue weighted by atomic mass is 10.1. The molecule has 2 aromatic rings. The van der Waals surface area contributed by atoms with Crippen LogP contribution in [-0.4, -0.2) is 15.7 Å². The Labute approximate surface area is 110 Å². The van der Waals surface area contributed by atoms with E-state index < -0.39 is 0 Å². The molecule has 0 saturated heterocycles. The summed E-state index contributed by atoms with van der Waals surface area (Å²) in [7, 11) is 1.51. The van der Waals surface area contributed by atoms with Gasteiger partial charge in [0.1, 0.15) is 5.69 Å². The fraction of sp³-hybridized carbons (Fsp3) is 0.214. The second-order valence-corrected chi connectivity index (χ2v) is 4.38. The van der Waals surface area contributed by atoms with Crippen molar-refractivity contribution in [3.05, 3.63) is 57.5 Å². The highest BCUT2D eigenvalue weighted by Gasteiger charge is 2.10. The zero-order valence-corrected chi connectivity index (χ0v) is 11.1. The molecule has 0 aliphatic rings. The number of aromatic nitrogens is 2. The van der Waals surface area contributed by atoms with Crippen LogP contribution in [0, 0.1) is 13.8 Å². The number of hydrogen-bond donors (Lipinski definition) is 1. The SMILES string of the molecule is Cc1cccc(NC(=O)c2ccc(=O)n(C)n2)c1C. The van der Waals surface area contributed by atoms with Crippen molar-refractivity contribution in [3.63, 3.8) is 0 Å². The summed E-state index contributed by atoms with van der Waals surface area (Å²) in [6.07, 6.45) is 0. The van der Waals surface area contributed by atoms with E-state index >= 15 is 0 Å². The highest BCUT2D eigenvalue weighted by Crippen LogP contribution is 2.18. The summed E-state index contributed by atoms with van der Waals surface area (Å²) < 4.78 is 1.14. The number of nitrogens with one attached hydrogen (secondary N) is 1. The van der Waals surface area contributed by atoms with Gasteiger partial charge in [-0.2, -0.15) is 5.10 Å². The Kier molecular flexibility index (Phi) is 3.46. The third-order valence-corrected chi connectivity index (χ3v) is 3.05. The molecule has 1 aromatic carbocycles. The van der Waals surface area contributed by atoms with Crippen LogP contribution in [0.5, 0.6) is 0 Å². The van der Waals surface area contributed by atoms with Crippen molar-refractivity contribution in [2.24, 2.45) is 7.05 Å². The molecular weight excluding hydrogens is 242 g/mol. The fourth-order valence-electron chi connectivity index (χ4n) is 1.70. The molecule has 19 heavy (non-hydrogen) atoms. The predicted octanol–water partition coefficient (Wildman–Crippen LogP) is 1.65. The molecule has 0 bridgehead atoms. The van der Waals surface area contributed by atoms with E-state index in [1.165, 1.54) is 19.2 Å². The third-order valence-electron chi connectivity index (χ3n) is 3.05. The summed E-state index contributed by atoms with van der Waals surface area (Å²) in [6.45, 7) is 3.93. The highest BCUT2D eigenvalue weighted by molar-refractivity contribution is 6.03. The van der Waals surface area contributed by atoms with Crippen molar-refractivity contribution in [1.82, 2.24) is 9.78 Å². The highest BCUT2D eigenvalue weighted by atomic mass is 16.2. The van der Waals surface area contributed by atoms with Gasteiger partial charge in [-0.25, -0.2) is 4.68 Å². The van der Waals surface area contributed by atoms with Crippen LogP contribution in [-0.2, 0) is 7.05 Å². The van der Waals surface area contributed by atoms with E-state index in [4.69, 9.17) is 0 Å². The standard InChI is InChI=1S/C14H15N3O2/c1-9-5-4-6-11(10(9)2)15-14(19)12-7-8-13(18)17(3)16-12/h4-8H,1-3H3,(H,15,19). The van der Waals surface area contributed by atoms with E-state index in [9.17, 15) is 9.59 Å². The molecular formula is C14H15N3O2. The number of aryl methyl sites for hydroxylation is 2. The van der Waals surface area contributed by atoms with Crippen molar-refractivity contribution in [2.45, 2.75) is 13.8 Å². The number of rotatable bonds is 2. The Balaban J connectivity index is 2.28. The van der Waals surface area contributed by atoms with Gasteiger partial charge in [-0.3, -0.25) is 9.59 Å². The van der Waals surface area contributed by atoms with Gasteiger partial charge >= 0.3 is 0 Å². The van der Waals surface area contributed by atoms with Gasteiger partial charge in [-0.15, -0.1) is 0 Å². The van der Waals surface area contributed by atoms with E-state index in [0.717, 1.165) is 21.5 Å². The van der Waals surface area contributed by atoms with E-state index in [2.05, 4.69) is 10.4 Å². The van der Waals surface area contributed by atoms with E-state index in [0.29, 0.717) is 0 Å². The lowest BCUT2D eigenvalue weighted by Gasteiger charge is -2.10. The van der Waals surface area contributed by atoms with Crippen molar-refractivity contribution >= 4 is 11.6 Å². The van der Waals surface area contributed by atoms with Crippen LogP contribution < -0.4 is 10.9 Å². The van der Waals surface area contributed by atoms with Gasteiger partial charge in [0, 0.05) is 18.8 Å². The maximum atomic E-state index is 12.1. The Morgan fingerprint density at radius 3 is 2.63 bits per heavy atom. The van der Waals surface area contributed by atoms with Gasteiger partial charge in [-0.1, -0.05) is 12.1 Å². The first-order chi connectivity index (χ1) is 8.99. The number of benzene rings is 1. The van der Waals surface area contributed by atoms with Crippen molar-refractivity contribution in [3.8, 4) is 0 Å². The summed E-state index contributed by atoms with van der Waals surface area (Å²) in [6, 6.07) is 8.44. The maximum Gasteiger partial charge on any atom is 0.276 e. The quantitative estimate of drug-likeness (QED) is 0.889. The molecule has 0 aliphatic heterocycles. The number of hydrogen-bond acceptors (Lipinski definition) is 3. The van der Waals surface area contributed by atoms with Gasteiger partial charge in [0.25, 0.3) is 11.5 Å². The average Bonchev–Trinajstić information content (AvgIpc) is 2.38. The Hall–Kier alpha value is -2.43. The number of anilines is 1. The van der Waals surface area contributed by atoms with Crippen molar-refractivity contribution < 1.29 is 4.79 Å². The Morgan fingerprint density at radius 2 is 1.95 bits per heavy atom. The van der Waals surface area contributed by atoms with Crippen LogP contribution in [0.25, 0.3) is 0 Å². The Morgan fingerprint density at radius 1 is 1.21 bits per heavy atom. The van der Waals surface area contributed by atoms with Gasteiger partial charge < -0.3 is 5.32 Å². The number of carbonyl (C=O) groups is 1. The van der Waals surface area contributed by atoms with Gasteiger partial charge in [-0.05, 0) is 37.1 Å². The van der Waals surface area contributed by atoms with Gasteiger partial charge in [0.2, 0.25) is 0 Å². The molecule has 0 saturated carbocycles. The van der Waals surface area contributed by atoms with Gasteiger partial charge in [0.05, 0.1) is 0 Å². The minimum absolute atomic E-state index is 0.211. The van der Waals surface area contributed by atoms with Crippen molar-refractivity contribution in [1.29, 1.82) is 0 Å². The molecule has 98 valence electrons. The van der Waals surface area contributed by atoms with E-state index in [1.807, 2.05) is 32.0 Å². The van der Waals surface area contributed by atoms with Crippen LogP contribution in [0.1, 0.15) is 21.6 Å². The van der Waals surface area contributed by atoms with Crippen LogP contribution in [0.2, 0.25) is 0 Å². The second kappa shape index (κ2) is 5.06. The molecule has 0 atom stereocenters. The summed E-state index contributed by atoms with van der Waals surface area (Å²) in [5.41, 5.74) is 2.83. The molecule has 0 radical (unpaired) electrons. The first kappa shape index (κ1) is 13.0. The predicted molar refractivity (Wildman–Crippen MR) is 73.3 cm³/mol. The number of amides is 1. The monoisotopic (exact) mass is 257 g/mol. The molecule has 2 rings (SSSR count). The molecule has 0 spiro atoms. The number of nitrogens with zero attached hydrogens (tertiary/aromatic N) is 2. The molecule has 1 amide bonds. The zero-order valence-electron chi connectivity index (χ0n) is 11.1. The molecule has 1 heterocycles. The molecule has 0 fully saturated rings. The topological polar surface area (TPSA) is 64.0 Å². The first-order valence-corrected chi connectivity index (χ1v) is 5.91. The smallest absolute Gasteiger partial charge is 0.276 e. The first-order valence-electron chi connectivity index (χ1n) is 5.91. The minimum Gasteiger partial charge on any atom is -0.320 e. The zero-order chi connectivity index (χ0) is 14.0. The number of carbonyl (C=O) groups excluding carboxylic acids is 1. The summed E-state index contributed by atoms with van der Waals surface area (Å²) >= 11 is 0. The van der Waals surface area contributed by atoms with Crippen LogP contribution in [0.15, 0.2) is 35.1 Å². The largest absolute Gasteiger partial charge is 0.320 e. The van der Waals surface area contributed by atoms with E-state index in [1.54, 1.807) is 0 Å². The normalized spacial score (nSPS) is 10.3. The van der Waals surface area contributed by atoms with Crippen LogP contribution >= 0.6 is 0 Å². The van der Waals surface area contributed by atoms with Crippen LogP contribution in [0.4, 0.5) is 5.69 Å².